The molecule has 0 bridgehead atoms. The van der Waals surface area contributed by atoms with Crippen LogP contribution in [0, 0.1) is 0 Å². The van der Waals surface area contributed by atoms with Gasteiger partial charge in [0, 0.05) is 36.9 Å². The summed E-state index contributed by atoms with van der Waals surface area (Å²) in [5.74, 6) is 0.687. The summed E-state index contributed by atoms with van der Waals surface area (Å²) in [5, 5.41) is 3.15. The van der Waals surface area contributed by atoms with Crippen LogP contribution in [0.2, 0.25) is 0 Å². The van der Waals surface area contributed by atoms with Gasteiger partial charge in [0.05, 0.1) is 11.7 Å². The van der Waals surface area contributed by atoms with E-state index >= 15 is 0 Å². The highest BCUT2D eigenvalue weighted by atomic mass is 79.9. The van der Waals surface area contributed by atoms with Crippen molar-refractivity contribution in [3.05, 3.63) is 22.3 Å². The molecule has 5 nitrogen and oxygen atoms in total. The summed E-state index contributed by atoms with van der Waals surface area (Å²) < 4.78 is 6.44. The number of nitrogens with one attached hydrogen (secondary N) is 1. The van der Waals surface area contributed by atoms with Crippen LogP contribution in [0.5, 0.6) is 0 Å². The minimum atomic E-state index is 0.0368. The average Bonchev–Trinajstić information content (AvgIpc) is 2.50. The Morgan fingerprint density at radius 1 is 1.48 bits per heavy atom. The molecule has 1 aliphatic heterocycles. The van der Waals surface area contributed by atoms with Crippen molar-refractivity contribution in [1.29, 1.82) is 0 Å². The zero-order valence-electron chi connectivity index (χ0n) is 12.6. The van der Waals surface area contributed by atoms with Gasteiger partial charge in [-0.1, -0.05) is 0 Å². The van der Waals surface area contributed by atoms with Crippen molar-refractivity contribution in [2.24, 2.45) is 0 Å². The lowest BCUT2D eigenvalue weighted by Gasteiger charge is -2.32. The highest BCUT2D eigenvalue weighted by Crippen LogP contribution is 2.22. The van der Waals surface area contributed by atoms with Crippen molar-refractivity contribution in [2.45, 2.75) is 32.8 Å². The second-order valence-electron chi connectivity index (χ2n) is 5.03. The second kappa shape index (κ2) is 7.75. The van der Waals surface area contributed by atoms with Gasteiger partial charge in [-0.05, 0) is 48.7 Å². The predicted octanol–water partition coefficient (Wildman–Crippen LogP) is 2.92. The van der Waals surface area contributed by atoms with Gasteiger partial charge >= 0.3 is 0 Å². The highest BCUT2D eigenvalue weighted by molar-refractivity contribution is 9.10. The molecule has 0 unspecified atom stereocenters. The number of aromatic nitrogens is 1. The molecule has 21 heavy (non-hydrogen) atoms. The van der Waals surface area contributed by atoms with Gasteiger partial charge in [0.25, 0.3) is 5.91 Å². The summed E-state index contributed by atoms with van der Waals surface area (Å²) in [6.45, 7) is 6.95. The number of pyridine rings is 1. The number of nitrogens with zero attached hydrogens (tertiary/aromatic N) is 2. The Kier molecular flexibility index (Phi) is 5.99. The van der Waals surface area contributed by atoms with E-state index in [4.69, 9.17) is 4.74 Å². The number of rotatable bonds is 5. The zero-order chi connectivity index (χ0) is 15.2. The average molecular weight is 356 g/mol. The van der Waals surface area contributed by atoms with Crippen molar-refractivity contribution in [3.63, 3.8) is 0 Å². The van der Waals surface area contributed by atoms with E-state index in [1.54, 1.807) is 6.20 Å². The van der Waals surface area contributed by atoms with E-state index in [0.717, 1.165) is 43.6 Å². The molecule has 0 spiro atoms. The number of likely N-dealkylation sites (tertiary alicyclic amines) is 1. The molecule has 1 N–H and O–H groups in total. The summed E-state index contributed by atoms with van der Waals surface area (Å²) in [7, 11) is 0. The zero-order valence-corrected chi connectivity index (χ0v) is 14.1. The highest BCUT2D eigenvalue weighted by Gasteiger charge is 2.25. The number of ether oxygens (including phenoxy) is 1. The van der Waals surface area contributed by atoms with Crippen LogP contribution in [-0.2, 0) is 4.74 Å². The van der Waals surface area contributed by atoms with Crippen LogP contribution in [0.3, 0.4) is 0 Å². The number of carbonyl (C=O) groups excluding carboxylic acids is 1. The number of anilines is 1. The lowest BCUT2D eigenvalue weighted by molar-refractivity contribution is 0.0146. The van der Waals surface area contributed by atoms with Gasteiger partial charge in [-0.2, -0.15) is 0 Å². The van der Waals surface area contributed by atoms with Gasteiger partial charge in [0.15, 0.2) is 0 Å². The molecule has 1 saturated heterocycles. The molecule has 1 amide bonds. The van der Waals surface area contributed by atoms with Crippen LogP contribution in [0.15, 0.2) is 16.7 Å². The molecule has 0 radical (unpaired) electrons. The summed E-state index contributed by atoms with van der Waals surface area (Å²) in [6.07, 6.45) is 3.79. The smallest absolute Gasteiger partial charge is 0.257 e. The number of halogens is 1. The third-order valence-corrected chi connectivity index (χ3v) is 3.99. The number of amides is 1. The van der Waals surface area contributed by atoms with Crippen LogP contribution in [-0.4, -0.2) is 48.1 Å². The van der Waals surface area contributed by atoms with E-state index in [1.165, 1.54) is 0 Å². The van der Waals surface area contributed by atoms with Crippen LogP contribution in [0.1, 0.15) is 37.0 Å². The van der Waals surface area contributed by atoms with E-state index in [9.17, 15) is 4.79 Å². The van der Waals surface area contributed by atoms with Crippen LogP contribution < -0.4 is 5.32 Å². The molecule has 0 aromatic carbocycles. The van der Waals surface area contributed by atoms with E-state index in [2.05, 4.69) is 26.2 Å². The number of hydrogen-bond acceptors (Lipinski definition) is 4. The Hall–Kier alpha value is -1.14. The lowest BCUT2D eigenvalue weighted by Crippen LogP contribution is -2.41. The largest absolute Gasteiger partial charge is 0.378 e. The van der Waals surface area contributed by atoms with E-state index < -0.39 is 0 Å². The first kappa shape index (κ1) is 16.2. The SMILES string of the molecule is CCNc1ncc(Br)cc1C(=O)N1CCC(OCC)CC1. The summed E-state index contributed by atoms with van der Waals surface area (Å²) in [5.41, 5.74) is 0.626. The fraction of sp³-hybridized carbons (Fsp3) is 0.600. The molecule has 0 saturated carbocycles. The topological polar surface area (TPSA) is 54.5 Å². The second-order valence-corrected chi connectivity index (χ2v) is 5.94. The van der Waals surface area contributed by atoms with Gasteiger partial charge in [-0.25, -0.2) is 4.98 Å². The molecule has 1 aromatic heterocycles. The van der Waals surface area contributed by atoms with Crippen molar-refractivity contribution in [1.82, 2.24) is 9.88 Å². The van der Waals surface area contributed by atoms with E-state index in [0.29, 0.717) is 11.4 Å². The molecule has 2 rings (SSSR count). The number of hydrogen-bond donors (Lipinski definition) is 1. The quantitative estimate of drug-likeness (QED) is 0.882. The lowest BCUT2D eigenvalue weighted by atomic mass is 10.1. The third kappa shape index (κ3) is 4.17. The summed E-state index contributed by atoms with van der Waals surface area (Å²) >= 11 is 3.39. The summed E-state index contributed by atoms with van der Waals surface area (Å²) in [4.78, 5) is 18.9. The van der Waals surface area contributed by atoms with Crippen LogP contribution in [0.4, 0.5) is 5.82 Å². The Morgan fingerprint density at radius 2 is 2.19 bits per heavy atom. The summed E-state index contributed by atoms with van der Waals surface area (Å²) in [6, 6.07) is 1.84. The van der Waals surface area contributed by atoms with Crippen molar-refractivity contribution >= 4 is 27.7 Å². The van der Waals surface area contributed by atoms with Crippen LogP contribution >= 0.6 is 15.9 Å². The number of piperidine rings is 1. The molecule has 1 aromatic rings. The van der Waals surface area contributed by atoms with E-state index in [1.807, 2.05) is 24.8 Å². The molecular formula is C15H22BrN3O2. The molecular weight excluding hydrogens is 334 g/mol. The maximum Gasteiger partial charge on any atom is 0.257 e. The van der Waals surface area contributed by atoms with Gasteiger partial charge in [0.2, 0.25) is 0 Å². The predicted molar refractivity (Wildman–Crippen MR) is 86.7 cm³/mol. The molecule has 1 fully saturated rings. The molecule has 2 heterocycles. The maximum atomic E-state index is 12.7. The van der Waals surface area contributed by atoms with Crippen molar-refractivity contribution < 1.29 is 9.53 Å². The first-order valence-electron chi connectivity index (χ1n) is 7.46. The Labute approximate surface area is 134 Å². The van der Waals surface area contributed by atoms with Gasteiger partial charge in [-0.15, -0.1) is 0 Å². The Bertz CT molecular complexity index is 488. The minimum Gasteiger partial charge on any atom is -0.378 e. The monoisotopic (exact) mass is 355 g/mol. The first-order chi connectivity index (χ1) is 10.2. The normalized spacial score (nSPS) is 16.0. The Balaban J connectivity index is 2.08. The Morgan fingerprint density at radius 3 is 2.81 bits per heavy atom. The van der Waals surface area contributed by atoms with Gasteiger partial charge < -0.3 is 15.0 Å². The van der Waals surface area contributed by atoms with Gasteiger partial charge in [0.1, 0.15) is 5.82 Å². The maximum absolute atomic E-state index is 12.7. The standard InChI is InChI=1S/C15H22BrN3O2/c1-3-17-14-13(9-11(16)10-18-14)15(20)19-7-5-12(6-8-19)21-4-2/h9-10,12H,3-8H2,1-2H3,(H,17,18). The fourth-order valence-electron chi connectivity index (χ4n) is 2.54. The minimum absolute atomic E-state index is 0.0368. The first-order valence-corrected chi connectivity index (χ1v) is 8.25. The van der Waals surface area contributed by atoms with E-state index in [-0.39, 0.29) is 12.0 Å². The molecule has 6 heteroatoms. The third-order valence-electron chi connectivity index (χ3n) is 3.56. The number of carbonyl (C=O) groups is 1. The molecule has 116 valence electrons. The fourth-order valence-corrected chi connectivity index (χ4v) is 2.87. The van der Waals surface area contributed by atoms with Crippen molar-refractivity contribution in [2.75, 3.05) is 31.6 Å². The van der Waals surface area contributed by atoms with Crippen LogP contribution in [0.25, 0.3) is 0 Å². The molecule has 1 aliphatic rings. The molecule has 0 atom stereocenters. The van der Waals surface area contributed by atoms with Gasteiger partial charge in [-0.3, -0.25) is 4.79 Å². The molecule has 0 aliphatic carbocycles. The van der Waals surface area contributed by atoms with Crippen molar-refractivity contribution in [3.8, 4) is 0 Å².